The Morgan fingerprint density at radius 2 is 2.18 bits per heavy atom. The van der Waals surface area contributed by atoms with Gasteiger partial charge in [-0.3, -0.25) is 4.79 Å². The van der Waals surface area contributed by atoms with Crippen LogP contribution in [-0.2, 0) is 9.53 Å². The molecule has 0 radical (unpaired) electrons. The summed E-state index contributed by atoms with van der Waals surface area (Å²) in [5.41, 5.74) is 1.06. The van der Waals surface area contributed by atoms with Crippen molar-refractivity contribution in [2.45, 2.75) is 13.8 Å². The molecule has 0 saturated heterocycles. The van der Waals surface area contributed by atoms with Crippen molar-refractivity contribution in [3.63, 3.8) is 0 Å². The van der Waals surface area contributed by atoms with E-state index in [1.165, 1.54) is 6.07 Å². The van der Waals surface area contributed by atoms with Gasteiger partial charge in [0, 0.05) is 6.92 Å². The van der Waals surface area contributed by atoms with Crippen LogP contribution in [0.3, 0.4) is 0 Å². The monoisotopic (exact) mass is 233 g/mol. The number of rotatable bonds is 3. The van der Waals surface area contributed by atoms with Gasteiger partial charge in [-0.15, -0.1) is 0 Å². The van der Waals surface area contributed by atoms with Crippen molar-refractivity contribution in [2.24, 2.45) is 0 Å². The number of aromatic nitrogens is 1. The van der Waals surface area contributed by atoms with Gasteiger partial charge in [0.05, 0.1) is 12.2 Å². The van der Waals surface area contributed by atoms with E-state index in [4.69, 9.17) is 4.42 Å². The molecule has 1 heterocycles. The highest BCUT2D eigenvalue weighted by Crippen LogP contribution is 2.20. The van der Waals surface area contributed by atoms with Gasteiger partial charge in [-0.2, -0.15) is 0 Å². The molecule has 2 rings (SSSR count). The normalized spacial score (nSPS) is 10.5. The number of fused-ring (bicyclic) bond motifs is 1. The molecule has 0 saturated carbocycles. The fourth-order valence-electron chi connectivity index (χ4n) is 1.55. The van der Waals surface area contributed by atoms with Gasteiger partial charge in [0.15, 0.2) is 11.5 Å². The molecule has 0 bridgehead atoms. The van der Waals surface area contributed by atoms with Gasteiger partial charge < -0.3 is 9.15 Å². The summed E-state index contributed by atoms with van der Waals surface area (Å²) in [5.74, 6) is -1.15. The van der Waals surface area contributed by atoms with Gasteiger partial charge in [0.2, 0.25) is 0 Å². The summed E-state index contributed by atoms with van der Waals surface area (Å²) in [5, 5.41) is 0. The molecule has 0 aliphatic rings. The minimum Gasteiger partial charge on any atom is -0.460 e. The number of hydrogen-bond donors (Lipinski definition) is 0. The van der Waals surface area contributed by atoms with Crippen molar-refractivity contribution in [2.75, 3.05) is 6.61 Å². The number of hydrogen-bond acceptors (Lipinski definition) is 5. The molecule has 0 unspecified atom stereocenters. The zero-order valence-corrected chi connectivity index (χ0v) is 9.52. The molecule has 2 aromatic rings. The number of ether oxygens (including phenoxy) is 1. The lowest BCUT2D eigenvalue weighted by atomic mass is 10.1. The maximum absolute atomic E-state index is 11.8. The lowest BCUT2D eigenvalue weighted by Gasteiger charge is -2.00. The molecular formula is C12H11NO4. The quantitative estimate of drug-likeness (QED) is 0.460. The second-order valence-electron chi connectivity index (χ2n) is 3.44. The van der Waals surface area contributed by atoms with Crippen molar-refractivity contribution in [1.29, 1.82) is 0 Å². The van der Waals surface area contributed by atoms with Crippen LogP contribution in [0.15, 0.2) is 22.6 Å². The summed E-state index contributed by atoms with van der Waals surface area (Å²) in [6.45, 7) is 3.49. The van der Waals surface area contributed by atoms with Gasteiger partial charge in [-0.25, -0.2) is 9.78 Å². The van der Waals surface area contributed by atoms with Crippen molar-refractivity contribution < 1.29 is 18.7 Å². The van der Waals surface area contributed by atoms with Gasteiger partial charge in [-0.1, -0.05) is 6.07 Å². The van der Waals surface area contributed by atoms with Crippen LogP contribution in [0.4, 0.5) is 0 Å². The number of ketones is 1. The predicted octanol–water partition coefficient (Wildman–Crippen LogP) is 1.88. The lowest BCUT2D eigenvalue weighted by molar-refractivity contribution is -0.137. The smallest absolute Gasteiger partial charge is 0.379 e. The first-order chi connectivity index (χ1) is 8.13. The van der Waals surface area contributed by atoms with Gasteiger partial charge in [-0.05, 0) is 19.1 Å². The summed E-state index contributed by atoms with van der Waals surface area (Å²) in [4.78, 5) is 27.2. The van der Waals surface area contributed by atoms with Crippen LogP contribution in [0, 0.1) is 6.92 Å². The Bertz CT molecular complexity index is 585. The maximum Gasteiger partial charge on any atom is 0.379 e. The number of nitrogens with zero attached hydrogens (tertiary/aromatic N) is 1. The Hall–Kier alpha value is -2.17. The molecular weight excluding hydrogens is 222 g/mol. The summed E-state index contributed by atoms with van der Waals surface area (Å²) in [7, 11) is 0. The van der Waals surface area contributed by atoms with E-state index in [0.29, 0.717) is 17.0 Å². The van der Waals surface area contributed by atoms with Crippen LogP contribution in [-0.4, -0.2) is 23.3 Å². The summed E-state index contributed by atoms with van der Waals surface area (Å²) < 4.78 is 9.97. The molecule has 0 aliphatic heterocycles. The molecule has 17 heavy (non-hydrogen) atoms. The predicted molar refractivity (Wildman–Crippen MR) is 59.7 cm³/mol. The Morgan fingerprint density at radius 3 is 2.88 bits per heavy atom. The van der Waals surface area contributed by atoms with E-state index >= 15 is 0 Å². The van der Waals surface area contributed by atoms with E-state index in [2.05, 4.69) is 9.72 Å². The standard InChI is InChI=1S/C12H11NO4/c1-3-16-12(15)10(14)8-5-4-6-9-11(8)17-7(2)13-9/h4-6H,3H2,1-2H3. The number of carbonyl (C=O) groups excluding carboxylic acids is 2. The number of carbonyl (C=O) groups is 2. The summed E-state index contributed by atoms with van der Waals surface area (Å²) in [6, 6.07) is 4.89. The van der Waals surface area contributed by atoms with Crippen molar-refractivity contribution >= 4 is 22.9 Å². The highest BCUT2D eigenvalue weighted by molar-refractivity contribution is 6.42. The Morgan fingerprint density at radius 1 is 1.41 bits per heavy atom. The third kappa shape index (κ3) is 2.04. The molecule has 1 aromatic heterocycles. The van der Waals surface area contributed by atoms with Crippen molar-refractivity contribution in [1.82, 2.24) is 4.98 Å². The Balaban J connectivity index is 2.48. The number of esters is 1. The molecule has 88 valence electrons. The maximum atomic E-state index is 11.8. The largest absolute Gasteiger partial charge is 0.460 e. The SMILES string of the molecule is CCOC(=O)C(=O)c1cccc2nc(C)oc12. The highest BCUT2D eigenvalue weighted by Gasteiger charge is 2.22. The molecule has 0 spiro atoms. The summed E-state index contributed by atoms with van der Waals surface area (Å²) in [6.07, 6.45) is 0. The van der Waals surface area contributed by atoms with E-state index < -0.39 is 11.8 Å². The summed E-state index contributed by atoms with van der Waals surface area (Å²) >= 11 is 0. The first kappa shape index (κ1) is 11.3. The average molecular weight is 233 g/mol. The van der Waals surface area contributed by atoms with E-state index in [1.807, 2.05) is 0 Å². The Kier molecular flexibility index (Phi) is 2.91. The van der Waals surface area contributed by atoms with Crippen LogP contribution in [0.5, 0.6) is 0 Å². The minimum atomic E-state index is -0.881. The molecule has 0 amide bonds. The second-order valence-corrected chi connectivity index (χ2v) is 3.44. The minimum absolute atomic E-state index is 0.163. The highest BCUT2D eigenvalue weighted by atomic mass is 16.5. The second kappa shape index (κ2) is 4.37. The fraction of sp³-hybridized carbons (Fsp3) is 0.250. The molecule has 0 N–H and O–H groups in total. The number of aryl methyl sites for hydroxylation is 1. The number of oxazole rings is 1. The van der Waals surface area contributed by atoms with Crippen molar-refractivity contribution in [3.8, 4) is 0 Å². The molecule has 0 aliphatic carbocycles. The third-order valence-corrected chi connectivity index (χ3v) is 2.23. The zero-order valence-electron chi connectivity index (χ0n) is 9.52. The number of benzene rings is 1. The van der Waals surface area contributed by atoms with Crippen LogP contribution >= 0.6 is 0 Å². The molecule has 5 heteroatoms. The van der Waals surface area contributed by atoms with E-state index in [-0.39, 0.29) is 12.2 Å². The first-order valence-electron chi connectivity index (χ1n) is 5.21. The zero-order chi connectivity index (χ0) is 12.4. The van der Waals surface area contributed by atoms with Crippen LogP contribution in [0.2, 0.25) is 0 Å². The van der Waals surface area contributed by atoms with Gasteiger partial charge >= 0.3 is 5.97 Å². The molecule has 0 fully saturated rings. The van der Waals surface area contributed by atoms with Crippen molar-refractivity contribution in [3.05, 3.63) is 29.7 Å². The van der Waals surface area contributed by atoms with Gasteiger partial charge in [0.1, 0.15) is 5.52 Å². The topological polar surface area (TPSA) is 69.4 Å². The Labute approximate surface area is 97.4 Å². The van der Waals surface area contributed by atoms with E-state index in [0.717, 1.165) is 0 Å². The first-order valence-corrected chi connectivity index (χ1v) is 5.21. The number of Topliss-reactive ketones (excluding diaryl/α,β-unsaturated/α-hetero) is 1. The van der Waals surface area contributed by atoms with E-state index in [1.54, 1.807) is 26.0 Å². The molecule has 5 nitrogen and oxygen atoms in total. The lowest BCUT2D eigenvalue weighted by Crippen LogP contribution is -2.17. The van der Waals surface area contributed by atoms with Gasteiger partial charge in [0.25, 0.3) is 5.78 Å². The number of para-hydroxylation sites is 1. The van der Waals surface area contributed by atoms with Crippen LogP contribution in [0.1, 0.15) is 23.2 Å². The average Bonchev–Trinajstić information content (AvgIpc) is 2.68. The molecule has 0 atom stereocenters. The third-order valence-electron chi connectivity index (χ3n) is 2.23. The van der Waals surface area contributed by atoms with Crippen LogP contribution < -0.4 is 0 Å². The van der Waals surface area contributed by atoms with E-state index in [9.17, 15) is 9.59 Å². The van der Waals surface area contributed by atoms with Crippen LogP contribution in [0.25, 0.3) is 11.1 Å². The fourth-order valence-corrected chi connectivity index (χ4v) is 1.55. The molecule has 1 aromatic carbocycles.